The van der Waals surface area contributed by atoms with Gasteiger partial charge < -0.3 is 20.4 Å². The molecule has 0 heterocycles. The highest BCUT2D eigenvalue weighted by atomic mass is 32.2. The largest absolute Gasteiger partial charge is 0.481 e. The van der Waals surface area contributed by atoms with E-state index in [-0.39, 0.29) is 18.0 Å². The number of carboxylic acid groups (broad SMARTS) is 4. The Kier molecular flexibility index (Phi) is 101. The third-order valence-electron chi connectivity index (χ3n) is 19.8. The molecule has 0 aromatic heterocycles. The van der Waals surface area contributed by atoms with E-state index in [4.69, 9.17) is 25.0 Å². The van der Waals surface area contributed by atoms with Gasteiger partial charge in [-0.1, -0.05) is 452 Å². The summed E-state index contributed by atoms with van der Waals surface area (Å²) in [5.41, 5.74) is 0. The number of unbranched alkanes of at least 4 members (excludes halogenated alkanes) is 63. The van der Waals surface area contributed by atoms with Gasteiger partial charge in [-0.25, -0.2) is 0 Å². The maximum atomic E-state index is 11.9. The molecule has 0 bridgehead atoms. The number of carbonyl (C=O) groups is 5. The molecule has 0 saturated heterocycles. The molecule has 0 aliphatic heterocycles. The monoisotopic (exact) mass is 1460 g/mol. The average molecular weight is 1460 g/mol. The quantitative estimate of drug-likeness (QED) is 0.0284. The van der Waals surface area contributed by atoms with Crippen molar-refractivity contribution in [3.63, 3.8) is 0 Å². The summed E-state index contributed by atoms with van der Waals surface area (Å²) in [5, 5.41) is 34.6. The Balaban J connectivity index is -0.000000383. The van der Waals surface area contributed by atoms with Crippen LogP contribution in [0.25, 0.3) is 0 Å². The minimum atomic E-state index is -3.74. The molecule has 606 valence electrons. The Morgan fingerprint density at radius 1 is 0.228 bits per heavy atom. The lowest BCUT2D eigenvalue weighted by atomic mass is 9.95. The van der Waals surface area contributed by atoms with Gasteiger partial charge in [-0.2, -0.15) is 8.42 Å². The van der Waals surface area contributed by atoms with Crippen molar-refractivity contribution < 1.29 is 57.4 Å². The average Bonchev–Trinajstić information content (AvgIpc) is 1.45. The Hall–Kier alpha value is -2.54. The van der Waals surface area contributed by atoms with E-state index in [9.17, 15) is 32.4 Å². The maximum absolute atomic E-state index is 11.9. The molecule has 0 aromatic rings. The Labute approximate surface area is 628 Å². The second kappa shape index (κ2) is 95.5. The second-order valence-corrected chi connectivity index (χ2v) is 31.9. The smallest absolute Gasteiger partial charge is 0.306 e. The second-order valence-electron chi connectivity index (χ2n) is 30.3. The summed E-state index contributed by atoms with van der Waals surface area (Å²) in [6.45, 7) is 13.3. The van der Waals surface area contributed by atoms with E-state index >= 15 is 0 Å². The number of carbonyl (C=O) groups excluding carboxylic acids is 1. The van der Waals surface area contributed by atoms with Gasteiger partial charge in [-0.3, -0.25) is 28.5 Å². The summed E-state index contributed by atoms with van der Waals surface area (Å²) in [6, 6.07) is 0. The molecule has 101 heavy (non-hydrogen) atoms. The van der Waals surface area contributed by atoms with Crippen LogP contribution in [0.4, 0.5) is 0 Å². The van der Waals surface area contributed by atoms with E-state index in [2.05, 4.69) is 34.6 Å². The molecule has 0 aromatic carbocycles. The van der Waals surface area contributed by atoms with E-state index in [0.29, 0.717) is 38.5 Å². The van der Waals surface area contributed by atoms with E-state index in [1.165, 1.54) is 366 Å². The third kappa shape index (κ3) is 116. The highest BCUT2D eigenvalue weighted by molar-refractivity contribution is 7.85. The standard InChI is InChI=1S/C22H42O3.C20H40O2.C16H34O3S.C16H32O2.C14H28O2/c1-3-5-6-7-8-9-10-11-12-13-14-15-16-18-21(23)19-20(17-4-2)22(24)25;1-2-3-4-5-6-7-8-9-10-11-12-13-14-15-16-17-18-19-20(21)22;1-2-3-4-5-6-7-8-9-10-11-12-13-14-15-16-20(17,18)19;1-2-3-4-5-6-7-8-9-10-11-12-13-14-15-16(17)18;1-2-3-4-5-6-7-8-9-10-11-12-13-14(15)16/h20H,3-19H2,1-2H3,(H,24,25);2-19H2,1H3,(H,21,22);2-16H2,1H3,(H,17,18,19);2-15H2,1H3,(H,17,18);2-13H2,1H3,(H,15,16). The number of rotatable bonds is 78. The van der Waals surface area contributed by atoms with Crippen LogP contribution in [0, 0.1) is 5.92 Å². The maximum Gasteiger partial charge on any atom is 0.306 e. The van der Waals surface area contributed by atoms with E-state index in [1.54, 1.807) is 0 Å². The van der Waals surface area contributed by atoms with Crippen molar-refractivity contribution in [2.75, 3.05) is 5.75 Å². The fraction of sp³-hybridized carbons (Fsp3) is 0.943. The minimum Gasteiger partial charge on any atom is -0.481 e. The van der Waals surface area contributed by atoms with E-state index in [0.717, 1.165) is 70.6 Å². The van der Waals surface area contributed by atoms with Gasteiger partial charge in [0.2, 0.25) is 0 Å². The van der Waals surface area contributed by atoms with Gasteiger partial charge in [-0.05, 0) is 38.5 Å². The molecule has 0 spiro atoms. The van der Waals surface area contributed by atoms with Crippen molar-refractivity contribution in [2.45, 2.75) is 523 Å². The summed E-state index contributed by atoms with van der Waals surface area (Å²) < 4.78 is 29.6. The van der Waals surface area contributed by atoms with Crippen molar-refractivity contribution in [1.82, 2.24) is 0 Å². The van der Waals surface area contributed by atoms with Crippen LogP contribution in [0.1, 0.15) is 523 Å². The van der Waals surface area contributed by atoms with Crippen LogP contribution in [0.15, 0.2) is 0 Å². The molecule has 0 amide bonds. The lowest BCUT2D eigenvalue weighted by Crippen LogP contribution is -2.17. The number of ketones is 1. The number of Topliss-reactive ketones (excluding diaryl/α,β-unsaturated/α-hetero) is 1. The van der Waals surface area contributed by atoms with Gasteiger partial charge in [0.15, 0.2) is 0 Å². The van der Waals surface area contributed by atoms with Crippen molar-refractivity contribution in [2.24, 2.45) is 5.92 Å². The molecular weight excluding hydrogens is 1280 g/mol. The lowest BCUT2D eigenvalue weighted by Gasteiger charge is -2.09. The Morgan fingerprint density at radius 3 is 0.535 bits per heavy atom. The molecule has 12 nitrogen and oxygen atoms in total. The highest BCUT2D eigenvalue weighted by Gasteiger charge is 2.20. The molecular formula is C88H176O12S. The first kappa shape index (κ1) is 107. The van der Waals surface area contributed by atoms with Crippen LogP contribution in [0.5, 0.6) is 0 Å². The van der Waals surface area contributed by atoms with Gasteiger partial charge >= 0.3 is 23.9 Å². The first-order valence-corrected chi connectivity index (χ1v) is 45.9. The van der Waals surface area contributed by atoms with E-state index in [1.807, 2.05) is 6.92 Å². The van der Waals surface area contributed by atoms with Crippen molar-refractivity contribution >= 4 is 39.8 Å². The van der Waals surface area contributed by atoms with Crippen LogP contribution < -0.4 is 0 Å². The van der Waals surface area contributed by atoms with Crippen molar-refractivity contribution in [1.29, 1.82) is 0 Å². The summed E-state index contributed by atoms with van der Waals surface area (Å²) >= 11 is 0. The highest BCUT2D eigenvalue weighted by Crippen LogP contribution is 2.20. The van der Waals surface area contributed by atoms with Crippen LogP contribution in [-0.2, 0) is 34.1 Å². The summed E-state index contributed by atoms with van der Waals surface area (Å²) in [7, 11) is -3.74. The number of hydrogen-bond acceptors (Lipinski definition) is 7. The van der Waals surface area contributed by atoms with E-state index < -0.39 is 39.9 Å². The van der Waals surface area contributed by atoms with Crippen LogP contribution in [-0.4, -0.2) is 68.8 Å². The van der Waals surface area contributed by atoms with Crippen molar-refractivity contribution in [3.05, 3.63) is 0 Å². The predicted octanol–water partition coefficient (Wildman–Crippen LogP) is 29.7. The Morgan fingerprint density at radius 2 is 0.386 bits per heavy atom. The molecule has 0 aliphatic rings. The normalized spacial score (nSPS) is 11.4. The predicted molar refractivity (Wildman–Crippen MR) is 436 cm³/mol. The lowest BCUT2D eigenvalue weighted by molar-refractivity contribution is -0.144. The van der Waals surface area contributed by atoms with Gasteiger partial charge in [-0.15, -0.1) is 0 Å². The van der Waals surface area contributed by atoms with Gasteiger partial charge in [0.25, 0.3) is 10.1 Å². The summed E-state index contributed by atoms with van der Waals surface area (Å²) in [5.74, 6) is -3.20. The first-order chi connectivity index (χ1) is 49.0. The zero-order valence-corrected chi connectivity index (χ0v) is 69.1. The van der Waals surface area contributed by atoms with Crippen LogP contribution in [0.2, 0.25) is 0 Å². The molecule has 0 fully saturated rings. The zero-order chi connectivity index (χ0) is 75.7. The van der Waals surface area contributed by atoms with Gasteiger partial charge in [0.05, 0.1) is 11.7 Å². The minimum absolute atomic E-state index is 0.0783. The Bertz CT molecular complexity index is 1740. The number of hydrogen-bond donors (Lipinski definition) is 5. The van der Waals surface area contributed by atoms with Crippen LogP contribution >= 0.6 is 0 Å². The SMILES string of the molecule is CCCCCCCCCCCCCC(=O)O.CCCCCCCCCCCCCCCC(=O)CC(CCC)C(=O)O.CCCCCCCCCCCCCCCC(=O)O.CCCCCCCCCCCCCCCCCCCC(=O)O.CCCCCCCCCCCCCCCCS(=O)(=O)O. The van der Waals surface area contributed by atoms with Gasteiger partial charge in [0, 0.05) is 32.1 Å². The molecule has 1 unspecified atom stereocenters. The van der Waals surface area contributed by atoms with Gasteiger partial charge in [0.1, 0.15) is 5.78 Å². The molecule has 1 atom stereocenters. The molecule has 0 aliphatic carbocycles. The summed E-state index contributed by atoms with van der Waals surface area (Å²) in [6.07, 6.45) is 91.3. The summed E-state index contributed by atoms with van der Waals surface area (Å²) in [4.78, 5) is 53.9. The number of carboxylic acids is 4. The topological polar surface area (TPSA) is 221 Å². The number of aliphatic carboxylic acids is 4. The molecule has 0 saturated carbocycles. The molecule has 5 N–H and O–H groups in total. The fourth-order valence-corrected chi connectivity index (χ4v) is 13.7. The molecule has 13 heteroatoms. The zero-order valence-electron chi connectivity index (χ0n) is 68.3. The van der Waals surface area contributed by atoms with Crippen molar-refractivity contribution in [3.8, 4) is 0 Å². The van der Waals surface area contributed by atoms with Crippen LogP contribution in [0.3, 0.4) is 0 Å². The first-order valence-electron chi connectivity index (χ1n) is 44.3. The molecule has 0 radical (unpaired) electrons. The third-order valence-corrected chi connectivity index (χ3v) is 20.6. The molecule has 0 rings (SSSR count). The fourth-order valence-electron chi connectivity index (χ4n) is 13.1.